The first-order valence-corrected chi connectivity index (χ1v) is 6.67. The predicted molar refractivity (Wildman–Crippen MR) is 74.1 cm³/mol. The molecule has 0 saturated carbocycles. The summed E-state index contributed by atoms with van der Waals surface area (Å²) >= 11 is 5.81. The molecule has 0 heterocycles. The molecule has 4 nitrogen and oxygen atoms in total. The van der Waals surface area contributed by atoms with Gasteiger partial charge in [-0.25, -0.2) is 4.39 Å². The molecule has 0 saturated heterocycles. The van der Waals surface area contributed by atoms with E-state index >= 15 is 0 Å². The lowest BCUT2D eigenvalue weighted by Crippen LogP contribution is -2.41. The van der Waals surface area contributed by atoms with Gasteiger partial charge in [-0.15, -0.1) is 0 Å². The molecule has 0 aliphatic carbocycles. The molecule has 0 unspecified atom stereocenters. The molecule has 0 fully saturated rings. The van der Waals surface area contributed by atoms with Gasteiger partial charge >= 0.3 is 5.97 Å². The number of esters is 1. The topological polar surface area (TPSA) is 55.4 Å². The summed E-state index contributed by atoms with van der Waals surface area (Å²) < 4.78 is 18.5. The quantitative estimate of drug-likeness (QED) is 0.851. The van der Waals surface area contributed by atoms with Gasteiger partial charge in [-0.1, -0.05) is 17.7 Å². The largest absolute Gasteiger partial charge is 0.466 e. The highest BCUT2D eigenvalue weighted by Crippen LogP contribution is 2.19. The minimum Gasteiger partial charge on any atom is -0.466 e. The van der Waals surface area contributed by atoms with Crippen molar-refractivity contribution in [2.24, 2.45) is 5.92 Å². The predicted octanol–water partition coefficient (Wildman–Crippen LogP) is 2.80. The lowest BCUT2D eigenvalue weighted by atomic mass is 10.0. The molecule has 6 heteroatoms. The van der Waals surface area contributed by atoms with Crippen LogP contribution in [-0.4, -0.2) is 24.5 Å². The third-order valence-electron chi connectivity index (χ3n) is 2.96. The number of halogens is 2. The molecule has 110 valence electrons. The van der Waals surface area contributed by atoms with Crippen molar-refractivity contribution in [3.05, 3.63) is 34.6 Å². The molecule has 1 N–H and O–H groups in total. The average molecular weight is 302 g/mol. The van der Waals surface area contributed by atoms with Crippen LogP contribution >= 0.6 is 11.6 Å². The van der Waals surface area contributed by atoms with Crippen molar-refractivity contribution in [1.29, 1.82) is 0 Å². The van der Waals surface area contributed by atoms with Crippen molar-refractivity contribution in [3.63, 3.8) is 0 Å². The van der Waals surface area contributed by atoms with Crippen molar-refractivity contribution >= 4 is 23.5 Å². The smallest absolute Gasteiger partial charge is 0.310 e. The summed E-state index contributed by atoms with van der Waals surface area (Å²) in [6.07, 6.45) is 0. The first kappa shape index (κ1) is 16.4. The molecular weight excluding hydrogens is 285 g/mol. The number of nitrogens with one attached hydrogen (secondary N) is 1. The Morgan fingerprint density at radius 1 is 1.40 bits per heavy atom. The number of amides is 1. The van der Waals surface area contributed by atoms with Crippen LogP contribution in [0.3, 0.4) is 0 Å². The third kappa shape index (κ3) is 3.93. The molecule has 0 spiro atoms. The van der Waals surface area contributed by atoms with Gasteiger partial charge in [-0.05, 0) is 32.9 Å². The Morgan fingerprint density at radius 3 is 2.60 bits per heavy atom. The molecule has 0 aliphatic heterocycles. The molecule has 0 aliphatic rings. The van der Waals surface area contributed by atoms with Crippen molar-refractivity contribution in [3.8, 4) is 0 Å². The van der Waals surface area contributed by atoms with Crippen LogP contribution in [0.5, 0.6) is 0 Å². The van der Waals surface area contributed by atoms with Gasteiger partial charge < -0.3 is 10.1 Å². The van der Waals surface area contributed by atoms with E-state index in [-0.39, 0.29) is 17.2 Å². The SMILES string of the molecule is CCOC(=O)[C@H](C)[C@H](C)NC(=O)c1c(F)cccc1Cl. The second-order valence-electron chi connectivity index (χ2n) is 4.40. The highest BCUT2D eigenvalue weighted by Gasteiger charge is 2.25. The van der Waals surface area contributed by atoms with Gasteiger partial charge in [0.05, 0.1) is 23.1 Å². The summed E-state index contributed by atoms with van der Waals surface area (Å²) in [7, 11) is 0. The van der Waals surface area contributed by atoms with Gasteiger partial charge in [0.15, 0.2) is 0 Å². The second kappa shape index (κ2) is 7.24. The van der Waals surface area contributed by atoms with Gasteiger partial charge in [0.2, 0.25) is 0 Å². The third-order valence-corrected chi connectivity index (χ3v) is 3.27. The Kier molecular flexibility index (Phi) is 5.95. The van der Waals surface area contributed by atoms with E-state index in [0.29, 0.717) is 0 Å². The van der Waals surface area contributed by atoms with E-state index in [4.69, 9.17) is 16.3 Å². The van der Waals surface area contributed by atoms with E-state index in [1.54, 1.807) is 20.8 Å². The Labute approximate surface area is 122 Å². The minimum absolute atomic E-state index is 0.0264. The Bertz CT molecular complexity index is 487. The van der Waals surface area contributed by atoms with E-state index in [1.807, 2.05) is 0 Å². The van der Waals surface area contributed by atoms with Crippen molar-refractivity contribution in [2.45, 2.75) is 26.8 Å². The van der Waals surface area contributed by atoms with Crippen molar-refractivity contribution in [2.75, 3.05) is 6.61 Å². The monoisotopic (exact) mass is 301 g/mol. The number of benzene rings is 1. The van der Waals surface area contributed by atoms with Crippen LogP contribution in [0.2, 0.25) is 5.02 Å². The van der Waals surface area contributed by atoms with Crippen LogP contribution in [0.15, 0.2) is 18.2 Å². The Balaban J connectivity index is 2.78. The number of carbonyl (C=O) groups is 2. The molecular formula is C14H17ClFNO3. The molecule has 1 aromatic rings. The fraction of sp³-hybridized carbons (Fsp3) is 0.429. The second-order valence-corrected chi connectivity index (χ2v) is 4.81. The summed E-state index contributed by atoms with van der Waals surface area (Å²) in [4.78, 5) is 23.6. The molecule has 1 rings (SSSR count). The van der Waals surface area contributed by atoms with E-state index < -0.39 is 29.7 Å². The Morgan fingerprint density at radius 2 is 2.05 bits per heavy atom. The van der Waals surface area contributed by atoms with E-state index in [2.05, 4.69) is 5.32 Å². The van der Waals surface area contributed by atoms with Crippen molar-refractivity contribution in [1.82, 2.24) is 5.32 Å². The maximum Gasteiger partial charge on any atom is 0.310 e. The van der Waals surface area contributed by atoms with Crippen molar-refractivity contribution < 1.29 is 18.7 Å². The maximum absolute atomic E-state index is 13.6. The van der Waals surface area contributed by atoms with Gasteiger partial charge in [-0.2, -0.15) is 0 Å². The van der Waals surface area contributed by atoms with E-state index in [1.165, 1.54) is 12.1 Å². The molecule has 0 aromatic heterocycles. The highest BCUT2D eigenvalue weighted by molar-refractivity contribution is 6.33. The molecule has 2 atom stereocenters. The lowest BCUT2D eigenvalue weighted by molar-refractivity contribution is -0.148. The zero-order valence-electron chi connectivity index (χ0n) is 11.6. The Hall–Kier alpha value is -1.62. The zero-order chi connectivity index (χ0) is 15.3. The molecule has 1 amide bonds. The van der Waals surface area contributed by atoms with Crippen LogP contribution in [0.25, 0.3) is 0 Å². The van der Waals surface area contributed by atoms with Gasteiger partial charge in [0.25, 0.3) is 5.91 Å². The number of carbonyl (C=O) groups excluding carboxylic acids is 2. The normalized spacial score (nSPS) is 13.4. The van der Waals surface area contributed by atoms with Crippen LogP contribution in [0, 0.1) is 11.7 Å². The minimum atomic E-state index is -0.703. The summed E-state index contributed by atoms with van der Waals surface area (Å²) in [5, 5.41) is 2.58. The average Bonchev–Trinajstić information content (AvgIpc) is 2.37. The summed E-state index contributed by atoms with van der Waals surface area (Å²) in [6.45, 7) is 5.25. The fourth-order valence-corrected chi connectivity index (χ4v) is 1.85. The van der Waals surface area contributed by atoms with E-state index in [9.17, 15) is 14.0 Å². The number of hydrogen-bond acceptors (Lipinski definition) is 3. The molecule has 1 aromatic carbocycles. The number of rotatable bonds is 5. The molecule has 20 heavy (non-hydrogen) atoms. The van der Waals surface area contributed by atoms with Crippen LogP contribution in [0.1, 0.15) is 31.1 Å². The first-order valence-electron chi connectivity index (χ1n) is 6.30. The van der Waals surface area contributed by atoms with Gasteiger partial charge in [0.1, 0.15) is 5.82 Å². The lowest BCUT2D eigenvalue weighted by Gasteiger charge is -2.20. The zero-order valence-corrected chi connectivity index (χ0v) is 12.3. The molecule has 0 bridgehead atoms. The highest BCUT2D eigenvalue weighted by atomic mass is 35.5. The summed E-state index contributed by atoms with van der Waals surface area (Å²) in [5.74, 6) is -2.31. The fourth-order valence-electron chi connectivity index (χ4n) is 1.60. The van der Waals surface area contributed by atoms with Gasteiger partial charge in [-0.3, -0.25) is 9.59 Å². The first-order chi connectivity index (χ1) is 9.38. The summed E-state index contributed by atoms with van der Waals surface area (Å²) in [6, 6.07) is 3.50. The van der Waals surface area contributed by atoms with E-state index in [0.717, 1.165) is 6.07 Å². The molecule has 0 radical (unpaired) electrons. The number of hydrogen-bond donors (Lipinski definition) is 1. The van der Waals surface area contributed by atoms with Crippen LogP contribution in [-0.2, 0) is 9.53 Å². The van der Waals surface area contributed by atoms with Crippen LogP contribution in [0.4, 0.5) is 4.39 Å². The van der Waals surface area contributed by atoms with Gasteiger partial charge in [0, 0.05) is 6.04 Å². The number of ether oxygens (including phenoxy) is 1. The maximum atomic E-state index is 13.6. The standard InChI is InChI=1S/C14H17ClFNO3/c1-4-20-14(19)8(2)9(3)17-13(18)12-10(15)6-5-7-11(12)16/h5-9H,4H2,1-3H3,(H,17,18)/t8-,9+/m1/s1. The van der Waals surface area contributed by atoms with Crippen LogP contribution < -0.4 is 5.32 Å². The summed E-state index contributed by atoms with van der Waals surface area (Å²) in [5.41, 5.74) is -0.225.